The lowest BCUT2D eigenvalue weighted by Gasteiger charge is -2.06. The van der Waals surface area contributed by atoms with Gasteiger partial charge < -0.3 is 5.32 Å². The van der Waals surface area contributed by atoms with E-state index < -0.39 is 0 Å². The number of aromatic nitrogens is 1. The van der Waals surface area contributed by atoms with E-state index in [1.165, 1.54) is 6.08 Å². The van der Waals surface area contributed by atoms with E-state index in [1.807, 2.05) is 6.92 Å². The zero-order chi connectivity index (χ0) is 9.84. The Morgan fingerprint density at radius 1 is 1.77 bits per heavy atom. The van der Waals surface area contributed by atoms with Crippen LogP contribution in [0.2, 0.25) is 5.15 Å². The van der Waals surface area contributed by atoms with Gasteiger partial charge in [0.05, 0.1) is 5.69 Å². The number of nitrogens with zero attached hydrogens (tertiary/aromatic N) is 1. The Balaban J connectivity index is 2.99. The number of carbonyl (C=O) groups is 1. The highest BCUT2D eigenvalue weighted by molar-refractivity contribution is 6.32. The maximum absolute atomic E-state index is 11.0. The zero-order valence-electron chi connectivity index (χ0n) is 7.17. The van der Waals surface area contributed by atoms with Gasteiger partial charge in [0.25, 0.3) is 0 Å². The molecule has 1 rings (SSSR count). The molecule has 0 atom stereocenters. The Hall–Kier alpha value is -1.35. The summed E-state index contributed by atoms with van der Waals surface area (Å²) in [4.78, 5) is 14.8. The average molecular weight is 197 g/mol. The van der Waals surface area contributed by atoms with Gasteiger partial charge in [0.1, 0.15) is 0 Å². The van der Waals surface area contributed by atoms with Crippen molar-refractivity contribution in [3.8, 4) is 0 Å². The molecule has 0 radical (unpaired) electrons. The van der Waals surface area contributed by atoms with Crippen molar-refractivity contribution in [1.82, 2.24) is 4.98 Å². The first-order chi connectivity index (χ1) is 6.15. The maximum atomic E-state index is 11.0. The van der Waals surface area contributed by atoms with E-state index in [2.05, 4.69) is 16.9 Å². The minimum atomic E-state index is -0.294. The lowest BCUT2D eigenvalue weighted by Crippen LogP contribution is -2.09. The number of aryl methyl sites for hydroxylation is 1. The molecular formula is C9H9ClN2O. The third-order valence-corrected chi connectivity index (χ3v) is 1.83. The summed E-state index contributed by atoms with van der Waals surface area (Å²) in [6, 6.07) is 1.77. The Morgan fingerprint density at radius 2 is 2.46 bits per heavy atom. The fraction of sp³-hybridized carbons (Fsp3) is 0.111. The second kappa shape index (κ2) is 4.05. The molecule has 13 heavy (non-hydrogen) atoms. The van der Waals surface area contributed by atoms with Gasteiger partial charge >= 0.3 is 0 Å². The third kappa shape index (κ3) is 2.29. The summed E-state index contributed by atoms with van der Waals surface area (Å²) in [6.07, 6.45) is 2.77. The Morgan fingerprint density at radius 3 is 3.00 bits per heavy atom. The van der Waals surface area contributed by atoms with Crippen molar-refractivity contribution in [2.45, 2.75) is 6.92 Å². The summed E-state index contributed by atoms with van der Waals surface area (Å²) in [5, 5.41) is 2.86. The normalized spacial score (nSPS) is 9.38. The topological polar surface area (TPSA) is 42.0 Å². The number of halogens is 1. The molecule has 0 fully saturated rings. The molecule has 3 nitrogen and oxygen atoms in total. The standard InChI is InChI=1S/C9H9ClN2O/c1-3-7(13)12-8-6(2)4-5-11-9(8)10/h3-5H,1H2,2H3,(H,12,13). The molecule has 0 spiro atoms. The summed E-state index contributed by atoms with van der Waals surface area (Å²) in [5.74, 6) is -0.294. The molecule has 68 valence electrons. The molecule has 0 unspecified atom stereocenters. The van der Waals surface area contributed by atoms with Gasteiger partial charge in [-0.2, -0.15) is 0 Å². The second-order valence-electron chi connectivity index (χ2n) is 2.49. The summed E-state index contributed by atoms with van der Waals surface area (Å²) in [5.41, 5.74) is 1.41. The van der Waals surface area contributed by atoms with Gasteiger partial charge in [-0.15, -0.1) is 0 Å². The molecule has 4 heteroatoms. The van der Waals surface area contributed by atoms with E-state index in [-0.39, 0.29) is 11.1 Å². The fourth-order valence-electron chi connectivity index (χ4n) is 0.849. The lowest BCUT2D eigenvalue weighted by molar-refractivity contribution is -0.111. The van der Waals surface area contributed by atoms with Crippen molar-refractivity contribution >= 4 is 23.2 Å². The number of hydrogen-bond acceptors (Lipinski definition) is 2. The van der Waals surface area contributed by atoms with E-state index in [0.29, 0.717) is 5.69 Å². The number of amides is 1. The number of pyridine rings is 1. The van der Waals surface area contributed by atoms with Crippen LogP contribution in [0.4, 0.5) is 5.69 Å². The third-order valence-electron chi connectivity index (χ3n) is 1.55. The first kappa shape index (κ1) is 9.74. The van der Waals surface area contributed by atoms with Crippen LogP contribution in [-0.4, -0.2) is 10.9 Å². The summed E-state index contributed by atoms with van der Waals surface area (Å²) in [7, 11) is 0. The molecule has 0 saturated carbocycles. The van der Waals surface area contributed by atoms with Crippen molar-refractivity contribution < 1.29 is 4.79 Å². The van der Waals surface area contributed by atoms with Crippen molar-refractivity contribution in [2.24, 2.45) is 0 Å². The highest BCUT2D eigenvalue weighted by Crippen LogP contribution is 2.22. The minimum Gasteiger partial charge on any atom is -0.320 e. The molecule has 1 heterocycles. The van der Waals surface area contributed by atoms with Gasteiger partial charge in [0.15, 0.2) is 5.15 Å². The van der Waals surface area contributed by atoms with E-state index in [1.54, 1.807) is 12.3 Å². The maximum Gasteiger partial charge on any atom is 0.247 e. The van der Waals surface area contributed by atoms with Gasteiger partial charge in [-0.25, -0.2) is 4.98 Å². The van der Waals surface area contributed by atoms with Crippen molar-refractivity contribution in [3.63, 3.8) is 0 Å². The first-order valence-electron chi connectivity index (χ1n) is 3.69. The van der Waals surface area contributed by atoms with Crippen molar-refractivity contribution in [3.05, 3.63) is 35.6 Å². The molecule has 1 N–H and O–H groups in total. The molecule has 1 amide bonds. The average Bonchev–Trinajstić information content (AvgIpc) is 2.11. The Labute approximate surface area is 81.4 Å². The number of carbonyl (C=O) groups excluding carboxylic acids is 1. The van der Waals surface area contributed by atoms with Crippen LogP contribution in [0.3, 0.4) is 0 Å². The molecule has 1 aromatic heterocycles. The second-order valence-corrected chi connectivity index (χ2v) is 2.85. The molecular weight excluding hydrogens is 188 g/mol. The Kier molecular flexibility index (Phi) is 3.03. The highest BCUT2D eigenvalue weighted by Gasteiger charge is 2.05. The van der Waals surface area contributed by atoms with Gasteiger partial charge in [-0.1, -0.05) is 18.2 Å². The largest absolute Gasteiger partial charge is 0.320 e. The Bertz CT molecular complexity index is 329. The van der Waals surface area contributed by atoms with Crippen LogP contribution in [0, 0.1) is 6.92 Å². The van der Waals surface area contributed by atoms with Crippen LogP contribution in [0.1, 0.15) is 5.56 Å². The van der Waals surface area contributed by atoms with Crippen LogP contribution in [0.5, 0.6) is 0 Å². The van der Waals surface area contributed by atoms with Gasteiger partial charge in [-0.05, 0) is 24.6 Å². The lowest BCUT2D eigenvalue weighted by atomic mass is 10.2. The van der Waals surface area contributed by atoms with Crippen LogP contribution >= 0.6 is 11.6 Å². The molecule has 1 aromatic rings. The van der Waals surface area contributed by atoms with Crippen molar-refractivity contribution in [2.75, 3.05) is 5.32 Å². The first-order valence-corrected chi connectivity index (χ1v) is 4.07. The van der Waals surface area contributed by atoms with E-state index in [0.717, 1.165) is 5.56 Å². The molecule has 0 aromatic carbocycles. The number of rotatable bonds is 2. The smallest absolute Gasteiger partial charge is 0.247 e. The summed E-state index contributed by atoms with van der Waals surface area (Å²) >= 11 is 5.77. The van der Waals surface area contributed by atoms with E-state index in [4.69, 9.17) is 11.6 Å². The highest BCUT2D eigenvalue weighted by atomic mass is 35.5. The molecule has 0 aliphatic rings. The summed E-state index contributed by atoms with van der Waals surface area (Å²) < 4.78 is 0. The predicted octanol–water partition coefficient (Wildman–Crippen LogP) is 2.17. The molecule has 0 aliphatic heterocycles. The number of anilines is 1. The van der Waals surface area contributed by atoms with Crippen LogP contribution in [0.25, 0.3) is 0 Å². The zero-order valence-corrected chi connectivity index (χ0v) is 7.93. The van der Waals surface area contributed by atoms with Gasteiger partial charge in [0, 0.05) is 6.20 Å². The van der Waals surface area contributed by atoms with Crippen molar-refractivity contribution in [1.29, 1.82) is 0 Å². The van der Waals surface area contributed by atoms with Gasteiger partial charge in [-0.3, -0.25) is 4.79 Å². The predicted molar refractivity (Wildman–Crippen MR) is 52.8 cm³/mol. The number of nitrogens with one attached hydrogen (secondary N) is 1. The van der Waals surface area contributed by atoms with Crippen LogP contribution < -0.4 is 5.32 Å². The van der Waals surface area contributed by atoms with E-state index >= 15 is 0 Å². The van der Waals surface area contributed by atoms with E-state index in [9.17, 15) is 4.79 Å². The molecule has 0 saturated heterocycles. The summed E-state index contributed by atoms with van der Waals surface area (Å²) in [6.45, 7) is 5.18. The minimum absolute atomic E-state index is 0.287. The quantitative estimate of drug-likeness (QED) is 0.582. The molecule has 0 bridgehead atoms. The van der Waals surface area contributed by atoms with Gasteiger partial charge in [0.2, 0.25) is 5.91 Å². The monoisotopic (exact) mass is 196 g/mol. The SMILES string of the molecule is C=CC(=O)Nc1c(C)ccnc1Cl. The fourth-order valence-corrected chi connectivity index (χ4v) is 1.10. The van der Waals surface area contributed by atoms with Crippen LogP contribution in [0.15, 0.2) is 24.9 Å². The number of hydrogen-bond donors (Lipinski definition) is 1. The van der Waals surface area contributed by atoms with Crippen LogP contribution in [-0.2, 0) is 4.79 Å². The molecule has 0 aliphatic carbocycles.